The topological polar surface area (TPSA) is 81.9 Å². The number of rotatable bonds is 0. The van der Waals surface area contributed by atoms with Crippen molar-refractivity contribution in [3.63, 3.8) is 0 Å². The zero-order chi connectivity index (χ0) is 17.5. The van der Waals surface area contributed by atoms with Gasteiger partial charge in [-0.2, -0.15) is 0 Å². The molecule has 1 unspecified atom stereocenters. The first-order chi connectivity index (χ1) is 11.2. The van der Waals surface area contributed by atoms with Crippen molar-refractivity contribution in [2.75, 3.05) is 13.1 Å². The zero-order valence-corrected chi connectivity index (χ0v) is 14.4. The van der Waals surface area contributed by atoms with Crippen molar-refractivity contribution < 1.29 is 19.1 Å². The van der Waals surface area contributed by atoms with E-state index in [-0.39, 0.29) is 11.9 Å². The molecule has 130 valence electrons. The molecule has 6 nitrogen and oxygen atoms in total. The summed E-state index contributed by atoms with van der Waals surface area (Å²) >= 11 is 0. The third-order valence-electron chi connectivity index (χ3n) is 4.58. The fourth-order valence-corrected chi connectivity index (χ4v) is 3.26. The lowest BCUT2D eigenvalue weighted by Gasteiger charge is -2.46. The van der Waals surface area contributed by atoms with E-state index < -0.39 is 17.2 Å². The number of carbonyl (C=O) groups excluding carboxylic acids is 2. The number of ether oxygens (including phenoxy) is 2. The lowest BCUT2D eigenvalue weighted by molar-refractivity contribution is -0.0308. The van der Waals surface area contributed by atoms with Gasteiger partial charge in [0.2, 0.25) is 0 Å². The summed E-state index contributed by atoms with van der Waals surface area (Å²) in [5.41, 5.74) is 5.47. The van der Waals surface area contributed by atoms with Gasteiger partial charge < -0.3 is 20.1 Å². The molecular formula is C18H24N2O4. The fraction of sp³-hybridized carbons (Fsp3) is 0.556. The number of hydrogen-bond donors (Lipinski definition) is 1. The first-order valence-corrected chi connectivity index (χ1v) is 8.28. The Morgan fingerprint density at radius 2 is 1.92 bits per heavy atom. The maximum atomic E-state index is 12.6. The predicted octanol–water partition coefficient (Wildman–Crippen LogP) is 2.36. The van der Waals surface area contributed by atoms with Gasteiger partial charge in [0.25, 0.3) is 0 Å². The number of nitrogens with zero attached hydrogens (tertiary/aromatic N) is 1. The first kappa shape index (κ1) is 16.8. The second kappa shape index (κ2) is 5.77. The molecule has 1 saturated heterocycles. The molecule has 1 fully saturated rings. The van der Waals surface area contributed by atoms with Crippen molar-refractivity contribution in [2.24, 2.45) is 5.73 Å². The Balaban J connectivity index is 1.74. The van der Waals surface area contributed by atoms with Crippen molar-refractivity contribution in [1.82, 2.24) is 4.90 Å². The number of likely N-dealkylation sites (tertiary alicyclic amines) is 1. The number of ketones is 1. The molecule has 0 saturated carbocycles. The highest BCUT2D eigenvalue weighted by atomic mass is 16.6. The normalized spacial score (nSPS) is 22.8. The van der Waals surface area contributed by atoms with E-state index in [1.807, 2.05) is 26.8 Å². The van der Waals surface area contributed by atoms with E-state index in [9.17, 15) is 9.59 Å². The number of piperidine rings is 1. The van der Waals surface area contributed by atoms with E-state index in [0.29, 0.717) is 37.2 Å². The van der Waals surface area contributed by atoms with Crippen LogP contribution in [-0.4, -0.2) is 47.1 Å². The van der Waals surface area contributed by atoms with Crippen LogP contribution in [-0.2, 0) is 4.74 Å². The highest BCUT2D eigenvalue weighted by Gasteiger charge is 2.50. The summed E-state index contributed by atoms with van der Waals surface area (Å²) < 4.78 is 11.6. The number of benzene rings is 1. The maximum absolute atomic E-state index is 12.6. The van der Waals surface area contributed by atoms with E-state index in [4.69, 9.17) is 15.2 Å². The highest BCUT2D eigenvalue weighted by molar-refractivity contribution is 6.04. The van der Waals surface area contributed by atoms with Gasteiger partial charge in [-0.05, 0) is 32.9 Å². The molecule has 2 aliphatic rings. The van der Waals surface area contributed by atoms with Gasteiger partial charge in [0, 0.05) is 25.9 Å². The van der Waals surface area contributed by atoms with E-state index in [1.54, 1.807) is 23.1 Å². The van der Waals surface area contributed by atoms with Gasteiger partial charge in [-0.3, -0.25) is 4.79 Å². The summed E-state index contributed by atoms with van der Waals surface area (Å²) in [6.07, 6.45) is 0.675. The summed E-state index contributed by atoms with van der Waals surface area (Å²) in [6, 6.07) is 6.46. The Kier molecular flexibility index (Phi) is 4.03. The molecule has 1 aromatic rings. The summed E-state index contributed by atoms with van der Waals surface area (Å²) in [7, 11) is 0. The van der Waals surface area contributed by atoms with E-state index in [0.717, 1.165) is 0 Å². The predicted molar refractivity (Wildman–Crippen MR) is 89.1 cm³/mol. The van der Waals surface area contributed by atoms with Gasteiger partial charge in [-0.25, -0.2) is 4.79 Å². The number of fused-ring (bicyclic) bond motifs is 1. The molecule has 0 radical (unpaired) electrons. The van der Waals surface area contributed by atoms with Crippen LogP contribution < -0.4 is 10.5 Å². The Bertz CT molecular complexity index is 657. The molecule has 24 heavy (non-hydrogen) atoms. The van der Waals surface area contributed by atoms with E-state index >= 15 is 0 Å². The Morgan fingerprint density at radius 3 is 2.54 bits per heavy atom. The van der Waals surface area contributed by atoms with Crippen LogP contribution in [0.25, 0.3) is 0 Å². The van der Waals surface area contributed by atoms with Gasteiger partial charge in [-0.1, -0.05) is 12.1 Å². The minimum Gasteiger partial charge on any atom is -0.484 e. The van der Waals surface area contributed by atoms with Gasteiger partial charge in [0.1, 0.15) is 23.0 Å². The number of Topliss-reactive ketones (excluding diaryl/α,β-unsaturated/α-hetero) is 1. The largest absolute Gasteiger partial charge is 0.484 e. The van der Waals surface area contributed by atoms with Crippen molar-refractivity contribution >= 4 is 11.9 Å². The van der Waals surface area contributed by atoms with Crippen LogP contribution in [0, 0.1) is 0 Å². The number of carbonyl (C=O) groups is 2. The van der Waals surface area contributed by atoms with Crippen LogP contribution in [0.5, 0.6) is 5.75 Å². The van der Waals surface area contributed by atoms with Gasteiger partial charge >= 0.3 is 6.09 Å². The molecule has 2 aliphatic heterocycles. The van der Waals surface area contributed by atoms with Crippen LogP contribution in [0.3, 0.4) is 0 Å². The summed E-state index contributed by atoms with van der Waals surface area (Å²) in [5, 5.41) is 0. The molecule has 0 bridgehead atoms. The Hall–Kier alpha value is -2.08. The van der Waals surface area contributed by atoms with Gasteiger partial charge in [-0.15, -0.1) is 0 Å². The zero-order valence-electron chi connectivity index (χ0n) is 14.4. The second-order valence-corrected chi connectivity index (χ2v) is 7.47. The standard InChI is InChI=1S/C18H24N2O4/c1-17(2,3)24-16(22)20-10-8-18(9-11-20)15(19)14(21)12-6-4-5-7-13(12)23-18/h4-7,15H,8-11,19H2,1-3H3. The van der Waals surface area contributed by atoms with Gasteiger partial charge in [0.15, 0.2) is 5.78 Å². The average Bonchev–Trinajstić information content (AvgIpc) is 2.52. The first-order valence-electron chi connectivity index (χ1n) is 8.28. The summed E-state index contributed by atoms with van der Waals surface area (Å²) in [6.45, 7) is 6.43. The molecular weight excluding hydrogens is 308 g/mol. The average molecular weight is 332 g/mol. The SMILES string of the molecule is CC(C)(C)OC(=O)N1CCC2(CC1)Oc1ccccc1C(=O)C2N. The molecule has 1 aromatic carbocycles. The third-order valence-corrected chi connectivity index (χ3v) is 4.58. The molecule has 2 heterocycles. The summed E-state index contributed by atoms with van der Waals surface area (Å²) in [5.74, 6) is 0.484. The monoisotopic (exact) mass is 332 g/mol. The highest BCUT2D eigenvalue weighted by Crippen LogP contribution is 2.38. The lowest BCUT2D eigenvalue weighted by Crippen LogP contribution is -2.63. The fourth-order valence-electron chi connectivity index (χ4n) is 3.26. The van der Waals surface area contributed by atoms with Crippen molar-refractivity contribution in [3.8, 4) is 5.75 Å². The van der Waals surface area contributed by atoms with E-state index in [2.05, 4.69) is 0 Å². The Morgan fingerprint density at radius 1 is 1.29 bits per heavy atom. The third kappa shape index (κ3) is 2.98. The van der Waals surface area contributed by atoms with Crippen molar-refractivity contribution in [1.29, 1.82) is 0 Å². The smallest absolute Gasteiger partial charge is 0.410 e. The molecule has 1 spiro atoms. The summed E-state index contributed by atoms with van der Waals surface area (Å²) in [4.78, 5) is 26.4. The van der Waals surface area contributed by atoms with Gasteiger partial charge in [0.05, 0.1) is 5.56 Å². The number of amides is 1. The minimum absolute atomic E-state index is 0.0948. The molecule has 6 heteroatoms. The van der Waals surface area contributed by atoms with E-state index in [1.165, 1.54) is 0 Å². The Labute approximate surface area is 141 Å². The molecule has 0 aromatic heterocycles. The quantitative estimate of drug-likeness (QED) is 0.789. The number of nitrogens with two attached hydrogens (primary N) is 1. The van der Waals surface area contributed by atoms with Crippen LogP contribution in [0.4, 0.5) is 4.79 Å². The van der Waals surface area contributed by atoms with Crippen LogP contribution in [0.15, 0.2) is 24.3 Å². The molecule has 3 rings (SSSR count). The van der Waals surface area contributed by atoms with Crippen LogP contribution in [0.2, 0.25) is 0 Å². The molecule has 2 N–H and O–H groups in total. The number of para-hydroxylation sites is 1. The minimum atomic E-state index is -0.746. The van der Waals surface area contributed by atoms with Crippen molar-refractivity contribution in [2.45, 2.75) is 50.9 Å². The van der Waals surface area contributed by atoms with Crippen LogP contribution in [0.1, 0.15) is 44.0 Å². The second-order valence-electron chi connectivity index (χ2n) is 7.47. The lowest BCUT2D eigenvalue weighted by atomic mass is 9.78. The molecule has 1 atom stereocenters. The van der Waals surface area contributed by atoms with Crippen molar-refractivity contribution in [3.05, 3.63) is 29.8 Å². The maximum Gasteiger partial charge on any atom is 0.410 e. The number of hydrogen-bond acceptors (Lipinski definition) is 5. The molecule has 0 aliphatic carbocycles. The van der Waals surface area contributed by atoms with Crippen LogP contribution >= 0.6 is 0 Å². The molecule has 1 amide bonds.